The van der Waals surface area contributed by atoms with E-state index in [2.05, 4.69) is 6.58 Å². The summed E-state index contributed by atoms with van der Waals surface area (Å²) >= 11 is 0. The summed E-state index contributed by atoms with van der Waals surface area (Å²) in [5.74, 6) is 0. The van der Waals surface area contributed by atoms with E-state index >= 15 is 0 Å². The minimum absolute atomic E-state index is 0.0523. The molecule has 0 heterocycles. The average molecular weight is 164 g/mol. The molecule has 0 bridgehead atoms. The lowest BCUT2D eigenvalue weighted by atomic mass is 10.1. The molecule has 12 heavy (non-hydrogen) atoms. The van der Waals surface area contributed by atoms with Gasteiger partial charge in [0.2, 0.25) is 0 Å². The zero-order valence-corrected chi connectivity index (χ0v) is 6.86. The Balaban J connectivity index is 2.74. The van der Waals surface area contributed by atoms with Crippen LogP contribution >= 0.6 is 0 Å². The second-order valence-corrected chi connectivity index (χ2v) is 2.40. The predicted octanol–water partition coefficient (Wildman–Crippen LogP) is 1.84. The fourth-order valence-corrected chi connectivity index (χ4v) is 1.00. The van der Waals surface area contributed by atoms with Crippen LogP contribution in [0.4, 0.5) is 0 Å². The third-order valence-electron chi connectivity index (χ3n) is 1.65. The predicted molar refractivity (Wildman–Crippen MR) is 47.4 cm³/mol. The molecule has 0 aliphatic rings. The van der Waals surface area contributed by atoms with Gasteiger partial charge in [-0.15, -0.1) is 0 Å². The van der Waals surface area contributed by atoms with Crippen molar-refractivity contribution in [1.82, 2.24) is 0 Å². The van der Waals surface area contributed by atoms with Crippen LogP contribution in [0, 0.1) is 0 Å². The maximum atomic E-state index is 8.94. The van der Waals surface area contributed by atoms with Gasteiger partial charge in [-0.25, -0.2) is 0 Å². The monoisotopic (exact) mass is 164 g/mol. The van der Waals surface area contributed by atoms with Gasteiger partial charge in [0.1, 0.15) is 6.61 Å². The summed E-state index contributed by atoms with van der Waals surface area (Å²) in [6.45, 7) is 3.97. The van der Waals surface area contributed by atoms with Gasteiger partial charge < -0.3 is 9.84 Å². The minimum atomic E-state index is 0.0523. The molecule has 0 saturated heterocycles. The molecular weight excluding hydrogens is 152 g/mol. The topological polar surface area (TPSA) is 29.5 Å². The molecule has 0 spiro atoms. The molecule has 0 saturated carbocycles. The smallest absolute Gasteiger partial charge is 0.113 e. The Morgan fingerprint density at radius 1 is 1.33 bits per heavy atom. The largest absolute Gasteiger partial charge is 0.497 e. The van der Waals surface area contributed by atoms with E-state index in [4.69, 9.17) is 9.84 Å². The van der Waals surface area contributed by atoms with E-state index in [9.17, 15) is 0 Å². The normalized spacial score (nSPS) is 9.42. The Kier molecular flexibility index (Phi) is 3.35. The maximum absolute atomic E-state index is 8.94. The van der Waals surface area contributed by atoms with Gasteiger partial charge in [0, 0.05) is 0 Å². The van der Waals surface area contributed by atoms with E-state index in [1.165, 1.54) is 6.26 Å². The van der Waals surface area contributed by atoms with Crippen molar-refractivity contribution in [1.29, 1.82) is 0 Å². The van der Waals surface area contributed by atoms with Crippen LogP contribution in [-0.4, -0.2) is 5.11 Å². The first-order valence-corrected chi connectivity index (χ1v) is 3.78. The molecule has 0 aliphatic heterocycles. The molecule has 0 atom stereocenters. The summed E-state index contributed by atoms with van der Waals surface area (Å²) in [4.78, 5) is 0. The second-order valence-electron chi connectivity index (χ2n) is 2.40. The van der Waals surface area contributed by atoms with Crippen molar-refractivity contribution < 1.29 is 9.84 Å². The summed E-state index contributed by atoms with van der Waals surface area (Å²) in [5, 5.41) is 8.94. The molecule has 0 aliphatic carbocycles. The summed E-state index contributed by atoms with van der Waals surface area (Å²) in [5.41, 5.74) is 1.90. The van der Waals surface area contributed by atoms with Crippen molar-refractivity contribution in [3.63, 3.8) is 0 Å². The molecule has 1 aromatic carbocycles. The standard InChI is InChI=1S/C10H12O2/c1-2-12-8-10-6-4-3-5-9(10)7-11/h2-6,11H,1,7-8H2. The Morgan fingerprint density at radius 3 is 2.58 bits per heavy atom. The lowest BCUT2D eigenvalue weighted by Gasteiger charge is -2.05. The Morgan fingerprint density at radius 2 is 2.00 bits per heavy atom. The van der Waals surface area contributed by atoms with Crippen LogP contribution in [0.5, 0.6) is 0 Å². The molecule has 0 radical (unpaired) electrons. The number of aliphatic hydroxyl groups is 1. The maximum Gasteiger partial charge on any atom is 0.113 e. The second kappa shape index (κ2) is 4.57. The summed E-state index contributed by atoms with van der Waals surface area (Å²) in [6.07, 6.45) is 1.40. The summed E-state index contributed by atoms with van der Waals surface area (Å²) in [7, 11) is 0. The molecule has 1 aromatic rings. The third kappa shape index (κ3) is 2.10. The molecule has 64 valence electrons. The van der Waals surface area contributed by atoms with Crippen LogP contribution in [0.2, 0.25) is 0 Å². The van der Waals surface area contributed by atoms with E-state index in [0.29, 0.717) is 6.61 Å². The first-order valence-electron chi connectivity index (χ1n) is 3.78. The van der Waals surface area contributed by atoms with Gasteiger partial charge in [0.15, 0.2) is 0 Å². The van der Waals surface area contributed by atoms with Gasteiger partial charge >= 0.3 is 0 Å². The van der Waals surface area contributed by atoms with Crippen molar-refractivity contribution in [2.45, 2.75) is 13.2 Å². The van der Waals surface area contributed by atoms with Gasteiger partial charge in [-0.3, -0.25) is 0 Å². The number of rotatable bonds is 4. The SMILES string of the molecule is C=COCc1ccccc1CO. The summed E-state index contributed by atoms with van der Waals surface area (Å²) < 4.78 is 5.01. The highest BCUT2D eigenvalue weighted by molar-refractivity contribution is 5.25. The van der Waals surface area contributed by atoms with Gasteiger partial charge in [0.05, 0.1) is 12.9 Å². The molecular formula is C10H12O2. The zero-order valence-electron chi connectivity index (χ0n) is 6.86. The fourth-order valence-electron chi connectivity index (χ4n) is 1.00. The van der Waals surface area contributed by atoms with Crippen molar-refractivity contribution in [2.75, 3.05) is 0 Å². The number of hydrogen-bond acceptors (Lipinski definition) is 2. The van der Waals surface area contributed by atoms with E-state index in [-0.39, 0.29) is 6.61 Å². The highest BCUT2D eigenvalue weighted by Gasteiger charge is 1.98. The Labute approximate surface area is 72.1 Å². The van der Waals surface area contributed by atoms with Crippen molar-refractivity contribution >= 4 is 0 Å². The lowest BCUT2D eigenvalue weighted by molar-refractivity contribution is 0.230. The highest BCUT2D eigenvalue weighted by Crippen LogP contribution is 2.09. The van der Waals surface area contributed by atoms with Crippen LogP contribution in [0.3, 0.4) is 0 Å². The van der Waals surface area contributed by atoms with Crippen LogP contribution < -0.4 is 0 Å². The molecule has 0 unspecified atom stereocenters. The number of benzene rings is 1. The molecule has 0 aromatic heterocycles. The number of ether oxygens (including phenoxy) is 1. The lowest BCUT2D eigenvalue weighted by Crippen LogP contribution is -1.94. The Bertz CT molecular complexity index is 256. The van der Waals surface area contributed by atoms with Crippen LogP contribution in [0.15, 0.2) is 37.1 Å². The highest BCUT2D eigenvalue weighted by atomic mass is 16.5. The van der Waals surface area contributed by atoms with E-state index in [1.807, 2.05) is 24.3 Å². The quantitative estimate of drug-likeness (QED) is 0.688. The number of hydrogen-bond donors (Lipinski definition) is 1. The van der Waals surface area contributed by atoms with E-state index < -0.39 is 0 Å². The van der Waals surface area contributed by atoms with Gasteiger partial charge in [-0.2, -0.15) is 0 Å². The van der Waals surface area contributed by atoms with E-state index in [1.54, 1.807) is 0 Å². The van der Waals surface area contributed by atoms with Crippen molar-refractivity contribution in [2.24, 2.45) is 0 Å². The summed E-state index contributed by atoms with van der Waals surface area (Å²) in [6, 6.07) is 7.61. The van der Waals surface area contributed by atoms with Gasteiger partial charge in [-0.1, -0.05) is 30.8 Å². The molecule has 0 fully saturated rings. The minimum Gasteiger partial charge on any atom is -0.497 e. The van der Waals surface area contributed by atoms with Crippen molar-refractivity contribution in [3.05, 3.63) is 48.2 Å². The van der Waals surface area contributed by atoms with Crippen LogP contribution in [-0.2, 0) is 18.0 Å². The van der Waals surface area contributed by atoms with Gasteiger partial charge in [-0.05, 0) is 11.1 Å². The average Bonchev–Trinajstić information content (AvgIpc) is 2.15. The van der Waals surface area contributed by atoms with Crippen molar-refractivity contribution in [3.8, 4) is 0 Å². The molecule has 0 amide bonds. The van der Waals surface area contributed by atoms with E-state index in [0.717, 1.165) is 11.1 Å². The van der Waals surface area contributed by atoms with Gasteiger partial charge in [0.25, 0.3) is 0 Å². The Hall–Kier alpha value is -1.28. The fraction of sp³-hybridized carbons (Fsp3) is 0.200. The van der Waals surface area contributed by atoms with Crippen LogP contribution in [0.25, 0.3) is 0 Å². The van der Waals surface area contributed by atoms with Crippen LogP contribution in [0.1, 0.15) is 11.1 Å². The molecule has 2 heteroatoms. The first-order chi connectivity index (χ1) is 5.88. The zero-order chi connectivity index (χ0) is 8.81. The first kappa shape index (κ1) is 8.81. The third-order valence-corrected chi connectivity index (χ3v) is 1.65. The molecule has 1 N–H and O–H groups in total. The number of aliphatic hydroxyl groups excluding tert-OH is 1. The molecule has 1 rings (SSSR count). The molecule has 2 nitrogen and oxygen atoms in total.